The Kier molecular flexibility index (Phi) is 0.825. The summed E-state index contributed by atoms with van der Waals surface area (Å²) in [7, 11) is 0. The topological polar surface area (TPSA) is 12.0 Å². The summed E-state index contributed by atoms with van der Waals surface area (Å²) in [4.78, 5) is 0. The van der Waals surface area contributed by atoms with E-state index in [-0.39, 0.29) is 0 Å². The number of allylic oxidation sites excluding steroid dienone is 1. The van der Waals surface area contributed by atoms with Crippen LogP contribution in [0.1, 0.15) is 12.8 Å². The van der Waals surface area contributed by atoms with Crippen molar-refractivity contribution in [2.24, 2.45) is 0 Å². The summed E-state index contributed by atoms with van der Waals surface area (Å²) in [6, 6.07) is 0. The van der Waals surface area contributed by atoms with E-state index in [9.17, 15) is 0 Å². The van der Waals surface area contributed by atoms with Crippen molar-refractivity contribution in [2.45, 2.75) is 12.8 Å². The molecular weight excluding hydrogens is 74.1 g/mol. The number of nitrogens with one attached hydrogen (secondary N) is 1. The summed E-state index contributed by atoms with van der Waals surface area (Å²) < 4.78 is 7.02. The van der Waals surface area contributed by atoms with Crippen LogP contribution in [0.5, 0.6) is 0 Å². The standard InChI is InChI=1S/C5H9N/c1-2-4-6-5-3-1/h2,4,6H,1,3,5H2/i/hD. The molecule has 0 aromatic heterocycles. The molecule has 1 nitrogen and oxygen atoms in total. The molecule has 0 radical (unpaired) electrons. The Hall–Kier alpha value is -0.460. The molecule has 1 rings (SSSR count). The molecule has 0 saturated carbocycles. The maximum absolute atomic E-state index is 7.02. The Labute approximate surface area is 39.5 Å². The van der Waals surface area contributed by atoms with E-state index in [0.717, 1.165) is 19.4 Å². The van der Waals surface area contributed by atoms with E-state index in [1.54, 1.807) is 0 Å². The van der Waals surface area contributed by atoms with Crippen LogP contribution in [0.25, 0.3) is 0 Å². The highest BCUT2D eigenvalue weighted by molar-refractivity contribution is 4.83. The quantitative estimate of drug-likeness (QED) is 0.459. The lowest BCUT2D eigenvalue weighted by atomic mass is 10.2. The molecule has 0 unspecified atom stereocenters. The lowest BCUT2D eigenvalue weighted by Crippen LogP contribution is -2.09. The predicted molar refractivity (Wildman–Crippen MR) is 26.4 cm³/mol. The molecule has 0 aromatic carbocycles. The van der Waals surface area contributed by atoms with Crippen molar-refractivity contribution in [3.05, 3.63) is 12.3 Å². The first kappa shape index (κ1) is 2.67. The van der Waals surface area contributed by atoms with E-state index < -0.39 is 0 Å². The van der Waals surface area contributed by atoms with Crippen molar-refractivity contribution in [2.75, 3.05) is 6.54 Å². The van der Waals surface area contributed by atoms with Gasteiger partial charge in [-0.25, -0.2) is 0 Å². The highest BCUT2D eigenvalue weighted by atomic mass is 14.8. The molecule has 1 N–H and O–H groups in total. The summed E-state index contributed by atoms with van der Waals surface area (Å²) >= 11 is 0. The minimum absolute atomic E-state index is 0.899. The van der Waals surface area contributed by atoms with Gasteiger partial charge in [0.2, 0.25) is 0 Å². The zero-order valence-electron chi connectivity index (χ0n) is 4.72. The van der Waals surface area contributed by atoms with E-state index >= 15 is 0 Å². The largest absolute Gasteiger partial charge is 0.391 e. The van der Waals surface area contributed by atoms with Crippen LogP contribution < -0.4 is 5.31 Å². The average Bonchev–Trinajstić information content (AvgIpc) is 1.69. The normalized spacial score (nSPS) is 24.0. The monoisotopic (exact) mass is 84.1 g/mol. The Bertz CT molecular complexity index is 80.1. The van der Waals surface area contributed by atoms with Crippen LogP contribution >= 0.6 is 0 Å². The Morgan fingerprint density at radius 3 is 3.17 bits per heavy atom. The van der Waals surface area contributed by atoms with Gasteiger partial charge in [-0.15, -0.1) is 0 Å². The third-order valence-electron chi connectivity index (χ3n) is 0.869. The highest BCUT2D eigenvalue weighted by Gasteiger charge is 1.84. The van der Waals surface area contributed by atoms with E-state index in [4.69, 9.17) is 1.41 Å². The predicted octanol–water partition coefficient (Wildman–Crippen LogP) is 0.883. The first-order valence-corrected chi connectivity index (χ1v) is 2.32. The van der Waals surface area contributed by atoms with Crippen LogP contribution in [0.3, 0.4) is 0 Å². The van der Waals surface area contributed by atoms with Gasteiger partial charge in [0, 0.05) is 6.54 Å². The third-order valence-corrected chi connectivity index (χ3v) is 0.869. The average molecular weight is 84.1 g/mol. The molecule has 34 valence electrons. The van der Waals surface area contributed by atoms with Crippen molar-refractivity contribution in [1.29, 1.82) is 0 Å². The van der Waals surface area contributed by atoms with Crippen LogP contribution in [0, 0.1) is 0 Å². The molecule has 0 amide bonds. The van der Waals surface area contributed by atoms with Gasteiger partial charge in [0.15, 0.2) is 1.41 Å². The smallest absolute Gasteiger partial charge is 0.159 e. The summed E-state index contributed by atoms with van der Waals surface area (Å²) in [5.41, 5.74) is 0. The van der Waals surface area contributed by atoms with Gasteiger partial charge < -0.3 is 5.31 Å². The van der Waals surface area contributed by atoms with Crippen LogP contribution in [-0.4, -0.2) is 6.54 Å². The van der Waals surface area contributed by atoms with Crippen LogP contribution in [-0.2, 0) is 0 Å². The molecule has 0 saturated heterocycles. The lowest BCUT2D eigenvalue weighted by molar-refractivity contribution is 0.728. The summed E-state index contributed by atoms with van der Waals surface area (Å²) in [6.45, 7) is 0.899. The Balaban J connectivity index is 2.36. The van der Waals surface area contributed by atoms with Gasteiger partial charge in [0.25, 0.3) is 0 Å². The molecule has 1 heteroatoms. The molecule has 0 atom stereocenters. The molecule has 1 heterocycles. The molecule has 0 bridgehead atoms. The van der Waals surface area contributed by atoms with Crippen LogP contribution in [0.2, 0.25) is 1.41 Å². The molecule has 6 heavy (non-hydrogen) atoms. The summed E-state index contributed by atoms with van der Waals surface area (Å²) in [5, 5.41) is 1.46. The zero-order valence-corrected chi connectivity index (χ0v) is 3.72. The Morgan fingerprint density at radius 2 is 2.83 bits per heavy atom. The minimum Gasteiger partial charge on any atom is -0.391 e. The fraction of sp³-hybridized carbons (Fsp3) is 0.600. The second-order valence-electron chi connectivity index (χ2n) is 1.43. The molecule has 0 fully saturated rings. The van der Waals surface area contributed by atoms with E-state index in [1.165, 1.54) is 5.31 Å². The van der Waals surface area contributed by atoms with Crippen molar-refractivity contribution in [3.63, 3.8) is 0 Å². The number of hydrogen-bond acceptors (Lipinski definition) is 1. The maximum Gasteiger partial charge on any atom is 0.159 e. The van der Waals surface area contributed by atoms with Gasteiger partial charge in [-0.1, -0.05) is 6.08 Å². The van der Waals surface area contributed by atoms with Gasteiger partial charge in [-0.3, -0.25) is 0 Å². The highest BCUT2D eigenvalue weighted by Crippen LogP contribution is 1.91. The van der Waals surface area contributed by atoms with Gasteiger partial charge >= 0.3 is 0 Å². The van der Waals surface area contributed by atoms with Gasteiger partial charge in [0.1, 0.15) is 0 Å². The second kappa shape index (κ2) is 1.85. The molecule has 0 aromatic rings. The molecule has 0 aliphatic carbocycles. The third kappa shape index (κ3) is 0.744. The van der Waals surface area contributed by atoms with E-state index in [1.807, 2.05) is 12.3 Å². The maximum atomic E-state index is 7.02. The molecule has 0 spiro atoms. The minimum atomic E-state index is 0.899. The fourth-order valence-electron chi connectivity index (χ4n) is 0.524. The number of rotatable bonds is 0. The molecule has 1 aliphatic rings. The van der Waals surface area contributed by atoms with Crippen molar-refractivity contribution in [3.8, 4) is 0 Å². The second-order valence-corrected chi connectivity index (χ2v) is 1.43. The van der Waals surface area contributed by atoms with Crippen molar-refractivity contribution in [1.82, 2.24) is 5.31 Å². The van der Waals surface area contributed by atoms with Gasteiger partial charge in [-0.05, 0) is 19.0 Å². The fourth-order valence-corrected chi connectivity index (χ4v) is 0.524. The van der Waals surface area contributed by atoms with E-state index in [2.05, 4.69) is 0 Å². The molecular formula is C5H9N. The summed E-state index contributed by atoms with van der Waals surface area (Å²) in [5.74, 6) is 0. The summed E-state index contributed by atoms with van der Waals surface area (Å²) in [6.07, 6.45) is 6.12. The van der Waals surface area contributed by atoms with Crippen LogP contribution in [0.4, 0.5) is 0 Å². The first-order chi connectivity index (χ1) is 3.39. The number of hydrogen-bond donors (Lipinski definition) is 1. The van der Waals surface area contributed by atoms with Crippen LogP contribution in [0.15, 0.2) is 12.3 Å². The zero-order chi connectivity index (χ0) is 5.11. The van der Waals surface area contributed by atoms with Gasteiger partial charge in [0.05, 0.1) is 0 Å². The SMILES string of the molecule is [2H]N1C=CCCC1. The van der Waals surface area contributed by atoms with Crippen molar-refractivity contribution >= 4 is 0 Å². The van der Waals surface area contributed by atoms with Gasteiger partial charge in [-0.2, -0.15) is 0 Å². The van der Waals surface area contributed by atoms with E-state index in [0.29, 0.717) is 0 Å². The van der Waals surface area contributed by atoms with Crippen molar-refractivity contribution < 1.29 is 1.41 Å². The first-order valence-electron chi connectivity index (χ1n) is 2.76. The Morgan fingerprint density at radius 1 is 1.83 bits per heavy atom. The lowest BCUT2D eigenvalue weighted by Gasteiger charge is -2.02. The molecule has 1 aliphatic heterocycles.